The molecule has 0 spiro atoms. The van der Waals surface area contributed by atoms with Gasteiger partial charge in [0.15, 0.2) is 24.2 Å². The van der Waals surface area contributed by atoms with E-state index in [1.54, 1.807) is 17.1 Å². The van der Waals surface area contributed by atoms with Crippen LogP contribution < -0.4 is 4.68 Å². The molecule has 0 amide bonds. The van der Waals surface area contributed by atoms with E-state index in [0.717, 1.165) is 11.2 Å². The van der Waals surface area contributed by atoms with Crippen molar-refractivity contribution in [1.29, 1.82) is 0 Å². The van der Waals surface area contributed by atoms with Crippen LogP contribution in [0.2, 0.25) is 0 Å². The van der Waals surface area contributed by atoms with E-state index in [4.69, 9.17) is 5.11 Å². The lowest BCUT2D eigenvalue weighted by Crippen LogP contribution is -2.38. The third kappa shape index (κ3) is 2.33. The van der Waals surface area contributed by atoms with E-state index in [0.29, 0.717) is 12.4 Å². The van der Waals surface area contributed by atoms with Crippen LogP contribution in [0.15, 0.2) is 42.9 Å². The zero-order valence-corrected chi connectivity index (χ0v) is 10.5. The first-order chi connectivity index (χ1) is 9.74. The number of carbonyl (C=O) groups is 1. The molecule has 1 N–H and O–H groups in total. The summed E-state index contributed by atoms with van der Waals surface area (Å²) in [5, 5.41) is 21.0. The normalized spacial score (nSPS) is 10.8. The van der Waals surface area contributed by atoms with Crippen molar-refractivity contribution in [2.24, 2.45) is 0 Å². The second kappa shape index (κ2) is 5.04. The van der Waals surface area contributed by atoms with Gasteiger partial charge in [0.05, 0.1) is 5.56 Å². The standard InChI is InChI=1S/C13H11N5O2/c19-12(20)5-8-17-7-4-10(9-14-17)13-16-15-11-3-1-2-6-18(11)13/h1-4,6-7,9H,5,8H2/p+1. The molecule has 0 aliphatic rings. The van der Waals surface area contributed by atoms with Crippen molar-refractivity contribution in [3.05, 3.63) is 42.9 Å². The van der Waals surface area contributed by atoms with Gasteiger partial charge in [0.1, 0.15) is 12.6 Å². The van der Waals surface area contributed by atoms with E-state index in [-0.39, 0.29) is 6.42 Å². The lowest BCUT2D eigenvalue weighted by atomic mass is 10.3. The van der Waals surface area contributed by atoms with Gasteiger partial charge in [-0.3, -0.25) is 9.20 Å². The molecule has 3 aromatic rings. The van der Waals surface area contributed by atoms with Gasteiger partial charge >= 0.3 is 5.97 Å². The zero-order chi connectivity index (χ0) is 13.9. The number of rotatable bonds is 4. The molecule has 3 aromatic heterocycles. The zero-order valence-electron chi connectivity index (χ0n) is 10.5. The molecule has 0 bridgehead atoms. The Morgan fingerprint density at radius 1 is 1.30 bits per heavy atom. The summed E-state index contributed by atoms with van der Waals surface area (Å²) in [5.74, 6) is -0.134. The van der Waals surface area contributed by atoms with E-state index in [1.165, 1.54) is 0 Å². The number of hydrogen-bond acceptors (Lipinski definition) is 4. The van der Waals surface area contributed by atoms with Crippen molar-refractivity contribution in [2.75, 3.05) is 0 Å². The Kier molecular flexibility index (Phi) is 3.08. The molecule has 0 atom stereocenters. The Balaban J connectivity index is 1.89. The van der Waals surface area contributed by atoms with Crippen molar-refractivity contribution in [1.82, 2.24) is 19.7 Å². The summed E-state index contributed by atoms with van der Waals surface area (Å²) in [5.41, 5.74) is 1.60. The summed E-state index contributed by atoms with van der Waals surface area (Å²) in [6.07, 6.45) is 5.33. The molecule has 7 heteroatoms. The molecule has 0 aliphatic carbocycles. The van der Waals surface area contributed by atoms with Crippen LogP contribution in [0.25, 0.3) is 17.0 Å². The van der Waals surface area contributed by atoms with Crippen LogP contribution >= 0.6 is 0 Å². The quantitative estimate of drug-likeness (QED) is 0.700. The molecule has 0 aliphatic heterocycles. The van der Waals surface area contributed by atoms with Crippen LogP contribution in [0.1, 0.15) is 6.42 Å². The molecule has 0 aromatic carbocycles. The van der Waals surface area contributed by atoms with Gasteiger partial charge in [0.25, 0.3) is 0 Å². The topological polar surface area (TPSA) is 84.3 Å². The van der Waals surface area contributed by atoms with Gasteiger partial charge in [0, 0.05) is 12.3 Å². The molecular weight excluding hydrogens is 258 g/mol. The number of aliphatic carboxylic acids is 1. The van der Waals surface area contributed by atoms with Crippen molar-refractivity contribution in [2.45, 2.75) is 13.0 Å². The monoisotopic (exact) mass is 270 g/mol. The van der Waals surface area contributed by atoms with Gasteiger partial charge < -0.3 is 5.11 Å². The Morgan fingerprint density at radius 2 is 2.20 bits per heavy atom. The average molecular weight is 270 g/mol. The van der Waals surface area contributed by atoms with Crippen LogP contribution in [-0.2, 0) is 11.3 Å². The highest BCUT2D eigenvalue weighted by molar-refractivity contribution is 5.66. The van der Waals surface area contributed by atoms with Crippen LogP contribution in [0.3, 0.4) is 0 Å². The number of aromatic nitrogens is 5. The van der Waals surface area contributed by atoms with E-state index in [1.807, 2.05) is 34.9 Å². The van der Waals surface area contributed by atoms with Gasteiger partial charge in [-0.05, 0) is 17.2 Å². The van der Waals surface area contributed by atoms with Crippen LogP contribution in [0, 0.1) is 0 Å². The fourth-order valence-electron chi connectivity index (χ4n) is 1.90. The summed E-state index contributed by atoms with van der Waals surface area (Å²) in [6, 6.07) is 7.53. The lowest BCUT2D eigenvalue weighted by molar-refractivity contribution is -0.752. The van der Waals surface area contributed by atoms with Crippen LogP contribution in [-0.4, -0.2) is 30.8 Å². The molecule has 0 radical (unpaired) electrons. The number of carboxylic acids is 1. The first-order valence-corrected chi connectivity index (χ1v) is 6.12. The summed E-state index contributed by atoms with van der Waals surface area (Å²) >= 11 is 0. The molecule has 3 rings (SSSR count). The summed E-state index contributed by atoms with van der Waals surface area (Å²) in [7, 11) is 0. The smallest absolute Gasteiger partial charge is 0.309 e. The SMILES string of the molecule is O=C(O)CC[n+]1ccc(-c2nnc3ccccn23)cn1. The van der Waals surface area contributed by atoms with Crippen LogP contribution in [0.5, 0.6) is 0 Å². The maximum atomic E-state index is 10.5. The Morgan fingerprint density at radius 3 is 2.95 bits per heavy atom. The predicted molar refractivity (Wildman–Crippen MR) is 68.7 cm³/mol. The third-order valence-electron chi connectivity index (χ3n) is 2.90. The third-order valence-corrected chi connectivity index (χ3v) is 2.90. The number of hydrogen-bond donors (Lipinski definition) is 1. The molecule has 7 nitrogen and oxygen atoms in total. The number of aryl methyl sites for hydroxylation is 1. The number of carboxylic acid groups (broad SMARTS) is 1. The Hall–Kier alpha value is -2.83. The molecule has 100 valence electrons. The fraction of sp³-hybridized carbons (Fsp3) is 0.154. The number of fused-ring (bicyclic) bond motifs is 1. The van der Waals surface area contributed by atoms with Gasteiger partial charge in [-0.1, -0.05) is 10.7 Å². The van der Waals surface area contributed by atoms with Gasteiger partial charge in [-0.25, -0.2) is 0 Å². The second-order valence-electron chi connectivity index (χ2n) is 4.27. The minimum atomic E-state index is -0.841. The van der Waals surface area contributed by atoms with Gasteiger partial charge in [-0.2, -0.15) is 0 Å². The highest BCUT2D eigenvalue weighted by Gasteiger charge is 2.11. The maximum Gasteiger partial charge on any atom is 0.309 e. The van der Waals surface area contributed by atoms with E-state index >= 15 is 0 Å². The molecule has 0 saturated heterocycles. The molecule has 20 heavy (non-hydrogen) atoms. The minimum absolute atomic E-state index is 0.0465. The average Bonchev–Trinajstić information content (AvgIpc) is 2.89. The van der Waals surface area contributed by atoms with Gasteiger partial charge in [-0.15, -0.1) is 10.2 Å². The first-order valence-electron chi connectivity index (χ1n) is 6.12. The number of pyridine rings is 1. The highest BCUT2D eigenvalue weighted by Crippen LogP contribution is 2.15. The molecule has 0 fully saturated rings. The van der Waals surface area contributed by atoms with Crippen molar-refractivity contribution < 1.29 is 14.6 Å². The summed E-state index contributed by atoms with van der Waals surface area (Å²) in [4.78, 5) is 10.5. The fourth-order valence-corrected chi connectivity index (χ4v) is 1.90. The van der Waals surface area contributed by atoms with Crippen molar-refractivity contribution in [3.8, 4) is 11.4 Å². The minimum Gasteiger partial charge on any atom is -0.481 e. The number of nitrogens with zero attached hydrogens (tertiary/aromatic N) is 5. The molecule has 0 saturated carbocycles. The lowest BCUT2D eigenvalue weighted by Gasteiger charge is -1.98. The largest absolute Gasteiger partial charge is 0.481 e. The summed E-state index contributed by atoms with van der Waals surface area (Å²) in [6.45, 7) is 0.343. The predicted octanol–water partition coefficient (Wildman–Crippen LogP) is 0.553. The molecular formula is C13H12N5O2+. The van der Waals surface area contributed by atoms with Crippen molar-refractivity contribution >= 4 is 11.6 Å². The van der Waals surface area contributed by atoms with Gasteiger partial charge in [0.2, 0.25) is 0 Å². The maximum absolute atomic E-state index is 10.5. The highest BCUT2D eigenvalue weighted by atomic mass is 16.4. The second-order valence-corrected chi connectivity index (χ2v) is 4.27. The summed E-state index contributed by atoms with van der Waals surface area (Å²) < 4.78 is 3.46. The first kappa shape index (κ1) is 12.2. The van der Waals surface area contributed by atoms with Crippen LogP contribution in [0.4, 0.5) is 0 Å². The van der Waals surface area contributed by atoms with E-state index in [2.05, 4.69) is 15.3 Å². The Labute approximate surface area is 114 Å². The Bertz CT molecular complexity index is 751. The molecule has 3 heterocycles. The van der Waals surface area contributed by atoms with E-state index in [9.17, 15) is 4.79 Å². The molecule has 0 unspecified atom stereocenters. The van der Waals surface area contributed by atoms with Crippen molar-refractivity contribution in [3.63, 3.8) is 0 Å². The van der Waals surface area contributed by atoms with E-state index < -0.39 is 5.97 Å².